The van der Waals surface area contributed by atoms with Crippen molar-refractivity contribution in [2.45, 2.75) is 13.3 Å². The lowest BCUT2D eigenvalue weighted by molar-refractivity contribution is -0.142. The highest BCUT2D eigenvalue weighted by Gasteiger charge is 2.15. The largest absolute Gasteiger partial charge is 0.496 e. The molecular formula is C12H12BrNO3. The summed E-state index contributed by atoms with van der Waals surface area (Å²) in [7, 11) is 1.50. The molecule has 0 aliphatic rings. The van der Waals surface area contributed by atoms with Crippen LogP contribution in [0.15, 0.2) is 16.6 Å². The van der Waals surface area contributed by atoms with Gasteiger partial charge in [0.25, 0.3) is 0 Å². The Kier molecular flexibility index (Phi) is 4.98. The summed E-state index contributed by atoms with van der Waals surface area (Å²) < 4.78 is 10.8. The fourth-order valence-electron chi connectivity index (χ4n) is 1.43. The maximum absolute atomic E-state index is 11.4. The maximum atomic E-state index is 11.4. The van der Waals surface area contributed by atoms with E-state index in [4.69, 9.17) is 14.7 Å². The van der Waals surface area contributed by atoms with E-state index in [1.54, 1.807) is 19.1 Å². The van der Waals surface area contributed by atoms with Gasteiger partial charge in [-0.25, -0.2) is 0 Å². The highest BCUT2D eigenvalue weighted by molar-refractivity contribution is 9.10. The van der Waals surface area contributed by atoms with Gasteiger partial charge in [-0.2, -0.15) is 5.26 Å². The molecular weight excluding hydrogens is 286 g/mol. The Morgan fingerprint density at radius 2 is 2.24 bits per heavy atom. The van der Waals surface area contributed by atoms with Gasteiger partial charge < -0.3 is 9.47 Å². The first-order chi connectivity index (χ1) is 8.12. The summed E-state index contributed by atoms with van der Waals surface area (Å²) >= 11 is 3.28. The van der Waals surface area contributed by atoms with Crippen LogP contribution in [0.5, 0.6) is 5.75 Å². The second kappa shape index (κ2) is 6.26. The van der Waals surface area contributed by atoms with Crippen molar-refractivity contribution in [3.8, 4) is 11.8 Å². The average Bonchev–Trinajstić information content (AvgIpc) is 2.31. The topological polar surface area (TPSA) is 59.3 Å². The van der Waals surface area contributed by atoms with E-state index >= 15 is 0 Å². The second-order valence-electron chi connectivity index (χ2n) is 3.23. The molecule has 0 radical (unpaired) electrons. The standard InChI is InChI=1S/C12H12BrNO3/c1-3-17-12(15)6-10-8(7-14)4-9(13)5-11(10)16-2/h4-5H,3,6H2,1-2H3. The Hall–Kier alpha value is -1.54. The highest BCUT2D eigenvalue weighted by Crippen LogP contribution is 2.28. The number of esters is 1. The first kappa shape index (κ1) is 13.5. The monoisotopic (exact) mass is 297 g/mol. The fraction of sp³-hybridized carbons (Fsp3) is 0.333. The van der Waals surface area contributed by atoms with Crippen LogP contribution >= 0.6 is 15.9 Å². The van der Waals surface area contributed by atoms with Crippen molar-refractivity contribution in [3.05, 3.63) is 27.7 Å². The minimum atomic E-state index is -0.371. The summed E-state index contributed by atoms with van der Waals surface area (Å²) in [6.07, 6.45) is 0.0349. The summed E-state index contributed by atoms with van der Waals surface area (Å²) in [4.78, 5) is 11.4. The predicted octanol–water partition coefficient (Wildman–Crippen LogP) is 2.43. The van der Waals surface area contributed by atoms with Crippen molar-refractivity contribution < 1.29 is 14.3 Å². The van der Waals surface area contributed by atoms with Crippen molar-refractivity contribution in [2.24, 2.45) is 0 Å². The van der Waals surface area contributed by atoms with E-state index in [0.717, 1.165) is 4.47 Å². The molecule has 0 saturated heterocycles. The minimum Gasteiger partial charge on any atom is -0.496 e. The number of methoxy groups -OCH3 is 1. The Morgan fingerprint density at radius 3 is 2.76 bits per heavy atom. The van der Waals surface area contributed by atoms with Gasteiger partial charge in [0.2, 0.25) is 0 Å². The molecule has 0 atom stereocenters. The molecule has 0 heterocycles. The number of carbonyl (C=O) groups excluding carboxylic acids is 1. The van der Waals surface area contributed by atoms with Gasteiger partial charge in [-0.3, -0.25) is 4.79 Å². The Balaban J connectivity index is 3.12. The molecule has 0 aliphatic carbocycles. The van der Waals surface area contributed by atoms with Gasteiger partial charge in [-0.05, 0) is 19.1 Å². The van der Waals surface area contributed by atoms with E-state index in [1.807, 2.05) is 6.07 Å². The lowest BCUT2D eigenvalue weighted by Crippen LogP contribution is -2.10. The van der Waals surface area contributed by atoms with Crippen LogP contribution in [0.25, 0.3) is 0 Å². The zero-order valence-corrected chi connectivity index (χ0v) is 11.2. The number of hydrogen-bond acceptors (Lipinski definition) is 4. The van der Waals surface area contributed by atoms with Crippen LogP contribution in [0.1, 0.15) is 18.1 Å². The van der Waals surface area contributed by atoms with Gasteiger partial charge in [-0.1, -0.05) is 15.9 Å². The van der Waals surface area contributed by atoms with E-state index in [9.17, 15) is 4.79 Å². The highest BCUT2D eigenvalue weighted by atomic mass is 79.9. The second-order valence-corrected chi connectivity index (χ2v) is 4.14. The Bertz CT molecular complexity index is 466. The summed E-state index contributed by atoms with van der Waals surface area (Å²) in [5.74, 6) is 0.133. The van der Waals surface area contributed by atoms with Crippen LogP contribution in [-0.4, -0.2) is 19.7 Å². The third-order valence-electron chi connectivity index (χ3n) is 2.14. The quantitative estimate of drug-likeness (QED) is 0.801. The van der Waals surface area contributed by atoms with E-state index in [2.05, 4.69) is 15.9 Å². The molecule has 90 valence electrons. The van der Waals surface area contributed by atoms with Crippen molar-refractivity contribution in [1.82, 2.24) is 0 Å². The maximum Gasteiger partial charge on any atom is 0.310 e. The zero-order chi connectivity index (χ0) is 12.8. The number of hydrogen-bond donors (Lipinski definition) is 0. The number of benzene rings is 1. The minimum absolute atomic E-state index is 0.0349. The molecule has 1 rings (SSSR count). The molecule has 0 bridgehead atoms. The lowest BCUT2D eigenvalue weighted by Gasteiger charge is -2.10. The summed E-state index contributed by atoms with van der Waals surface area (Å²) in [5, 5.41) is 9.03. The van der Waals surface area contributed by atoms with Crippen molar-refractivity contribution in [2.75, 3.05) is 13.7 Å². The molecule has 17 heavy (non-hydrogen) atoms. The summed E-state index contributed by atoms with van der Waals surface area (Å²) in [6.45, 7) is 2.06. The van der Waals surface area contributed by atoms with E-state index < -0.39 is 0 Å². The van der Waals surface area contributed by atoms with Crippen LogP contribution in [0.3, 0.4) is 0 Å². The first-order valence-electron chi connectivity index (χ1n) is 5.04. The molecule has 0 unspecified atom stereocenters. The van der Waals surface area contributed by atoms with Gasteiger partial charge in [0.15, 0.2) is 0 Å². The zero-order valence-electron chi connectivity index (χ0n) is 9.62. The van der Waals surface area contributed by atoms with Gasteiger partial charge in [0.05, 0.1) is 31.8 Å². The molecule has 0 N–H and O–H groups in total. The van der Waals surface area contributed by atoms with Crippen molar-refractivity contribution in [3.63, 3.8) is 0 Å². The predicted molar refractivity (Wildman–Crippen MR) is 65.7 cm³/mol. The fourth-order valence-corrected chi connectivity index (χ4v) is 1.87. The van der Waals surface area contributed by atoms with Crippen LogP contribution in [-0.2, 0) is 16.0 Å². The van der Waals surface area contributed by atoms with E-state index in [0.29, 0.717) is 23.5 Å². The van der Waals surface area contributed by atoms with Gasteiger partial charge >= 0.3 is 5.97 Å². The molecule has 0 fully saturated rings. The number of carbonyl (C=O) groups is 1. The lowest BCUT2D eigenvalue weighted by atomic mass is 10.0. The number of nitriles is 1. The van der Waals surface area contributed by atoms with Crippen LogP contribution in [0.4, 0.5) is 0 Å². The smallest absolute Gasteiger partial charge is 0.310 e. The number of ether oxygens (including phenoxy) is 2. The number of nitrogens with zero attached hydrogens (tertiary/aromatic N) is 1. The SMILES string of the molecule is CCOC(=O)Cc1c(C#N)cc(Br)cc1OC. The third kappa shape index (κ3) is 3.46. The summed E-state index contributed by atoms with van der Waals surface area (Å²) in [6, 6.07) is 5.41. The van der Waals surface area contributed by atoms with Gasteiger partial charge in [-0.15, -0.1) is 0 Å². The molecule has 0 spiro atoms. The average molecular weight is 298 g/mol. The normalized spacial score (nSPS) is 9.53. The molecule has 1 aromatic carbocycles. The van der Waals surface area contributed by atoms with E-state index in [-0.39, 0.29) is 12.4 Å². The first-order valence-corrected chi connectivity index (χ1v) is 5.83. The van der Waals surface area contributed by atoms with Crippen molar-refractivity contribution >= 4 is 21.9 Å². The molecule has 0 amide bonds. The van der Waals surface area contributed by atoms with E-state index in [1.165, 1.54) is 7.11 Å². The van der Waals surface area contributed by atoms with Gasteiger partial charge in [0, 0.05) is 10.0 Å². The molecule has 0 saturated carbocycles. The molecule has 5 heteroatoms. The third-order valence-corrected chi connectivity index (χ3v) is 2.60. The van der Waals surface area contributed by atoms with Crippen LogP contribution in [0.2, 0.25) is 0 Å². The van der Waals surface area contributed by atoms with Gasteiger partial charge in [0.1, 0.15) is 5.75 Å². The molecule has 1 aromatic rings. The number of rotatable bonds is 4. The summed E-state index contributed by atoms with van der Waals surface area (Å²) in [5.41, 5.74) is 0.959. The number of halogens is 1. The van der Waals surface area contributed by atoms with Crippen LogP contribution < -0.4 is 4.74 Å². The van der Waals surface area contributed by atoms with Crippen LogP contribution in [0, 0.1) is 11.3 Å². The Morgan fingerprint density at radius 1 is 1.53 bits per heavy atom. The molecule has 0 aliphatic heterocycles. The molecule has 0 aromatic heterocycles. The Labute approximate surface area is 108 Å². The van der Waals surface area contributed by atoms with Crippen molar-refractivity contribution in [1.29, 1.82) is 5.26 Å². The molecule has 4 nitrogen and oxygen atoms in total.